The minimum absolute atomic E-state index is 0.785. The van der Waals surface area contributed by atoms with Crippen molar-refractivity contribution in [2.45, 2.75) is 13.0 Å². The van der Waals surface area contributed by atoms with E-state index >= 15 is 0 Å². The van der Waals surface area contributed by atoms with E-state index in [-0.39, 0.29) is 0 Å². The van der Waals surface area contributed by atoms with Gasteiger partial charge in [0.1, 0.15) is 12.2 Å². The zero-order valence-electron chi connectivity index (χ0n) is 9.80. The van der Waals surface area contributed by atoms with Crippen LogP contribution in [0.2, 0.25) is 0 Å². The second-order valence-electron chi connectivity index (χ2n) is 4.36. The summed E-state index contributed by atoms with van der Waals surface area (Å²) in [6, 6.07) is 6.12. The molecule has 17 heavy (non-hydrogen) atoms. The van der Waals surface area contributed by atoms with Gasteiger partial charge in [-0.1, -0.05) is 6.07 Å². The first kappa shape index (κ1) is 10.1. The summed E-state index contributed by atoms with van der Waals surface area (Å²) in [4.78, 5) is 6.55. The maximum Gasteiger partial charge on any atom is 0.146 e. The summed E-state index contributed by atoms with van der Waals surface area (Å²) >= 11 is 0. The third-order valence-corrected chi connectivity index (χ3v) is 3.24. The molecule has 0 amide bonds. The van der Waals surface area contributed by atoms with Crippen LogP contribution in [0.1, 0.15) is 11.4 Å². The van der Waals surface area contributed by atoms with E-state index in [1.54, 1.807) is 6.33 Å². The molecule has 1 aromatic heterocycles. The van der Waals surface area contributed by atoms with Crippen molar-refractivity contribution in [3.05, 3.63) is 35.9 Å². The summed E-state index contributed by atoms with van der Waals surface area (Å²) < 4.78 is 1.81. The van der Waals surface area contributed by atoms with Crippen molar-refractivity contribution in [3.63, 3.8) is 0 Å². The molecule has 0 unspecified atom stereocenters. The topological polar surface area (TPSA) is 60.0 Å². The molecule has 0 saturated carbocycles. The normalized spacial score (nSPS) is 14.1. The van der Waals surface area contributed by atoms with E-state index in [1.807, 2.05) is 23.9 Å². The Morgan fingerprint density at radius 1 is 1.41 bits per heavy atom. The molecule has 0 saturated heterocycles. The molecule has 2 N–H and O–H groups in total. The highest BCUT2D eigenvalue weighted by Gasteiger charge is 2.20. The lowest BCUT2D eigenvalue weighted by molar-refractivity contribution is 0.677. The van der Waals surface area contributed by atoms with Crippen LogP contribution in [0, 0.1) is 0 Å². The fourth-order valence-electron chi connectivity index (χ4n) is 2.26. The molecule has 1 aromatic carbocycles. The Balaban J connectivity index is 1.89. The number of rotatable bonds is 2. The van der Waals surface area contributed by atoms with Crippen LogP contribution >= 0.6 is 0 Å². The molecule has 3 rings (SSSR count). The van der Waals surface area contributed by atoms with Gasteiger partial charge in [-0.15, -0.1) is 0 Å². The molecule has 1 aliphatic rings. The van der Waals surface area contributed by atoms with Gasteiger partial charge in [0, 0.05) is 25.0 Å². The number of fused-ring (bicyclic) bond motifs is 1. The molecule has 0 spiro atoms. The fraction of sp³-hybridized carbons (Fsp3) is 0.333. The van der Waals surface area contributed by atoms with Crippen LogP contribution in [0.3, 0.4) is 0 Å². The lowest BCUT2D eigenvalue weighted by atomic mass is 10.1. The number of aromatic nitrogens is 3. The average molecular weight is 229 g/mol. The van der Waals surface area contributed by atoms with Crippen molar-refractivity contribution in [1.29, 1.82) is 0 Å². The van der Waals surface area contributed by atoms with Crippen molar-refractivity contribution in [3.8, 4) is 0 Å². The number of aryl methyl sites for hydroxylation is 1. The highest BCUT2D eigenvalue weighted by atomic mass is 15.3. The standard InChI is InChI=1S/C12H15N5/c1-16-12(14-8-15-16)7-17-5-4-9-2-3-10(13)6-11(9)17/h2-3,6,8H,4-5,7,13H2,1H3. The monoisotopic (exact) mass is 229 g/mol. The molecule has 0 aliphatic carbocycles. The van der Waals surface area contributed by atoms with E-state index in [2.05, 4.69) is 21.0 Å². The lowest BCUT2D eigenvalue weighted by Gasteiger charge is -2.18. The molecule has 1 aliphatic heterocycles. The van der Waals surface area contributed by atoms with Crippen molar-refractivity contribution in [2.75, 3.05) is 17.2 Å². The Morgan fingerprint density at radius 3 is 3.06 bits per heavy atom. The van der Waals surface area contributed by atoms with E-state index in [0.717, 1.165) is 31.0 Å². The molecular formula is C12H15N5. The molecule has 88 valence electrons. The highest BCUT2D eigenvalue weighted by Crippen LogP contribution is 2.30. The summed E-state index contributed by atoms with van der Waals surface area (Å²) in [5, 5.41) is 4.09. The summed E-state index contributed by atoms with van der Waals surface area (Å²) in [6.45, 7) is 1.80. The average Bonchev–Trinajstić information content (AvgIpc) is 2.88. The number of anilines is 2. The number of hydrogen-bond donors (Lipinski definition) is 1. The fourth-order valence-corrected chi connectivity index (χ4v) is 2.26. The lowest BCUT2D eigenvalue weighted by Crippen LogP contribution is -2.22. The SMILES string of the molecule is Cn1ncnc1CN1CCc2ccc(N)cc21. The van der Waals surface area contributed by atoms with Crippen LogP contribution in [0.5, 0.6) is 0 Å². The zero-order chi connectivity index (χ0) is 11.8. The van der Waals surface area contributed by atoms with Gasteiger partial charge in [0.25, 0.3) is 0 Å². The van der Waals surface area contributed by atoms with Gasteiger partial charge in [-0.05, 0) is 24.1 Å². The molecule has 2 aromatic rings. The smallest absolute Gasteiger partial charge is 0.146 e. The van der Waals surface area contributed by atoms with Crippen molar-refractivity contribution >= 4 is 11.4 Å². The van der Waals surface area contributed by atoms with Gasteiger partial charge in [0.05, 0.1) is 6.54 Å². The summed E-state index contributed by atoms with van der Waals surface area (Å²) in [7, 11) is 1.92. The van der Waals surface area contributed by atoms with Crippen molar-refractivity contribution in [2.24, 2.45) is 7.05 Å². The van der Waals surface area contributed by atoms with Gasteiger partial charge in [-0.2, -0.15) is 5.10 Å². The third-order valence-electron chi connectivity index (χ3n) is 3.24. The van der Waals surface area contributed by atoms with E-state index in [0.29, 0.717) is 0 Å². The largest absolute Gasteiger partial charge is 0.399 e. The maximum atomic E-state index is 5.84. The van der Waals surface area contributed by atoms with E-state index in [1.165, 1.54) is 11.3 Å². The quantitative estimate of drug-likeness (QED) is 0.779. The van der Waals surface area contributed by atoms with Crippen LogP contribution in [-0.4, -0.2) is 21.3 Å². The Bertz CT molecular complexity index is 546. The summed E-state index contributed by atoms with van der Waals surface area (Å²) in [5.74, 6) is 0.972. The molecule has 0 atom stereocenters. The zero-order valence-corrected chi connectivity index (χ0v) is 9.80. The number of nitrogen functional groups attached to an aromatic ring is 1. The molecule has 2 heterocycles. The Kier molecular flexibility index (Phi) is 2.24. The van der Waals surface area contributed by atoms with E-state index in [9.17, 15) is 0 Å². The first-order valence-electron chi connectivity index (χ1n) is 5.70. The molecule has 0 bridgehead atoms. The predicted molar refractivity (Wildman–Crippen MR) is 66.6 cm³/mol. The third kappa shape index (κ3) is 1.73. The first-order chi connectivity index (χ1) is 8.24. The molecule has 0 fully saturated rings. The van der Waals surface area contributed by atoms with Crippen LogP contribution in [0.15, 0.2) is 24.5 Å². The molecule has 0 radical (unpaired) electrons. The van der Waals surface area contributed by atoms with Crippen molar-refractivity contribution < 1.29 is 0 Å². The second-order valence-corrected chi connectivity index (χ2v) is 4.36. The Morgan fingerprint density at radius 2 is 2.29 bits per heavy atom. The maximum absolute atomic E-state index is 5.84. The number of hydrogen-bond acceptors (Lipinski definition) is 4. The number of benzene rings is 1. The van der Waals surface area contributed by atoms with Gasteiger partial charge in [-0.3, -0.25) is 4.68 Å². The van der Waals surface area contributed by atoms with Gasteiger partial charge >= 0.3 is 0 Å². The molecule has 5 heteroatoms. The van der Waals surface area contributed by atoms with Crippen LogP contribution < -0.4 is 10.6 Å². The van der Waals surface area contributed by atoms with Gasteiger partial charge in [-0.25, -0.2) is 4.98 Å². The van der Waals surface area contributed by atoms with Crippen LogP contribution in [0.25, 0.3) is 0 Å². The van der Waals surface area contributed by atoms with E-state index in [4.69, 9.17) is 5.73 Å². The minimum atomic E-state index is 0.785. The van der Waals surface area contributed by atoms with Gasteiger partial charge < -0.3 is 10.6 Å². The molecule has 5 nitrogen and oxygen atoms in total. The predicted octanol–water partition coefficient (Wildman–Crippen LogP) is 0.960. The molecular weight excluding hydrogens is 214 g/mol. The Labute approximate surface area is 99.9 Å². The second kappa shape index (κ2) is 3.76. The van der Waals surface area contributed by atoms with Gasteiger partial charge in [0.2, 0.25) is 0 Å². The van der Waals surface area contributed by atoms with Gasteiger partial charge in [0.15, 0.2) is 0 Å². The van der Waals surface area contributed by atoms with Crippen LogP contribution in [-0.2, 0) is 20.0 Å². The van der Waals surface area contributed by atoms with Crippen LogP contribution in [0.4, 0.5) is 11.4 Å². The van der Waals surface area contributed by atoms with E-state index < -0.39 is 0 Å². The minimum Gasteiger partial charge on any atom is -0.399 e. The summed E-state index contributed by atoms with van der Waals surface area (Å²) in [6.07, 6.45) is 2.67. The van der Waals surface area contributed by atoms with Crippen molar-refractivity contribution in [1.82, 2.24) is 14.8 Å². The number of nitrogens with zero attached hydrogens (tertiary/aromatic N) is 4. The highest BCUT2D eigenvalue weighted by molar-refractivity contribution is 5.64. The number of nitrogens with two attached hydrogens (primary N) is 1. The Hall–Kier alpha value is -2.04. The first-order valence-corrected chi connectivity index (χ1v) is 5.70. The summed E-state index contributed by atoms with van der Waals surface area (Å²) in [5.41, 5.74) is 9.24.